The second kappa shape index (κ2) is 13.5. The molecule has 2 aromatic heterocycles. The molecule has 1 unspecified atom stereocenters. The number of carbonyl (C=O) groups is 3. The van der Waals surface area contributed by atoms with Crippen LogP contribution in [0.2, 0.25) is 0 Å². The summed E-state index contributed by atoms with van der Waals surface area (Å²) in [5.41, 5.74) is 9.47. The number of H-pyrrole nitrogens is 2. The molecule has 6 atom stereocenters. The fourth-order valence-corrected chi connectivity index (χ4v) is 8.47. The number of methoxy groups -OCH3 is 1. The zero-order valence-corrected chi connectivity index (χ0v) is 30.6. The van der Waals surface area contributed by atoms with Crippen molar-refractivity contribution < 1.29 is 29.0 Å². The lowest BCUT2D eigenvalue weighted by Crippen LogP contribution is -2.38. The number of hydrogen-bond donors (Lipinski definition) is 5. The number of allylic oxidation sites excluding steroid dienone is 4. The minimum Gasteiger partial charge on any atom is -0.510 e. The lowest BCUT2D eigenvalue weighted by Gasteiger charge is -2.26. The van der Waals surface area contributed by atoms with Crippen molar-refractivity contribution in [3.05, 3.63) is 73.1 Å². The minimum atomic E-state index is -1.01. The Morgan fingerprint density at radius 2 is 1.60 bits per heavy atom. The van der Waals surface area contributed by atoms with Crippen LogP contribution in [0.4, 0.5) is 0 Å². The maximum atomic E-state index is 13.5. The molecule has 5 N–H and O–H groups in total. The highest BCUT2D eigenvalue weighted by Crippen LogP contribution is 2.43. The van der Waals surface area contributed by atoms with Gasteiger partial charge in [-0.2, -0.15) is 0 Å². The van der Waals surface area contributed by atoms with Gasteiger partial charge in [-0.1, -0.05) is 26.3 Å². The lowest BCUT2D eigenvalue weighted by atomic mass is 9.80. The quantitative estimate of drug-likeness (QED) is 0.143. The first-order valence-corrected chi connectivity index (χ1v) is 17.7. The van der Waals surface area contributed by atoms with E-state index < -0.39 is 17.9 Å². The van der Waals surface area contributed by atoms with Crippen LogP contribution in [0.5, 0.6) is 0 Å². The molecule has 2 fully saturated rings. The Bertz CT molecular complexity index is 2020. The van der Waals surface area contributed by atoms with Gasteiger partial charge in [-0.05, 0) is 94.4 Å². The van der Waals surface area contributed by atoms with E-state index in [0.717, 1.165) is 57.3 Å². The molecule has 0 amide bonds. The molecule has 10 heteroatoms. The van der Waals surface area contributed by atoms with Crippen LogP contribution in [0.15, 0.2) is 28.7 Å². The first-order valence-electron chi connectivity index (χ1n) is 17.7. The van der Waals surface area contributed by atoms with Crippen LogP contribution < -0.4 is 21.2 Å². The van der Waals surface area contributed by atoms with Crippen molar-refractivity contribution in [1.82, 2.24) is 20.6 Å². The van der Waals surface area contributed by atoms with Crippen LogP contribution in [0.1, 0.15) is 99.4 Å². The van der Waals surface area contributed by atoms with E-state index in [2.05, 4.69) is 53.5 Å². The number of esters is 2. The summed E-state index contributed by atoms with van der Waals surface area (Å²) in [6.45, 7) is 16.1. The van der Waals surface area contributed by atoms with Crippen molar-refractivity contribution in [3.8, 4) is 0 Å². The first kappa shape index (κ1) is 35.1. The van der Waals surface area contributed by atoms with Crippen LogP contribution in [0.3, 0.4) is 0 Å². The molecule has 1 aliphatic carbocycles. The number of carbonyl (C=O) groups excluding carboxylic acids is 3. The Balaban J connectivity index is 1.58. The van der Waals surface area contributed by atoms with Gasteiger partial charge in [0, 0.05) is 63.4 Å². The largest absolute Gasteiger partial charge is 0.510 e. The summed E-state index contributed by atoms with van der Waals surface area (Å²) in [6, 6.07) is -0.428. The Hall–Kier alpha value is -4.73. The van der Waals surface area contributed by atoms with Gasteiger partial charge < -0.3 is 35.2 Å². The third-order valence-corrected chi connectivity index (χ3v) is 11.3. The highest BCUT2D eigenvalue weighted by atomic mass is 16.5. The summed E-state index contributed by atoms with van der Waals surface area (Å²) >= 11 is 0. The molecule has 0 spiro atoms. The minimum absolute atomic E-state index is 0.0216. The number of nitrogens with one attached hydrogen (secondary N) is 4. The number of aromatic nitrogens is 2. The molecular formula is C40H50N4O6. The highest BCUT2D eigenvalue weighted by Gasteiger charge is 2.47. The van der Waals surface area contributed by atoms with E-state index in [1.807, 2.05) is 39.8 Å². The number of rotatable bonds is 8. The van der Waals surface area contributed by atoms with Gasteiger partial charge in [-0.25, -0.2) is 0 Å². The molecule has 0 radical (unpaired) electrons. The fourth-order valence-electron chi connectivity index (χ4n) is 8.47. The van der Waals surface area contributed by atoms with E-state index in [1.54, 1.807) is 6.92 Å². The van der Waals surface area contributed by atoms with E-state index in [-0.39, 0.29) is 54.2 Å². The van der Waals surface area contributed by atoms with Gasteiger partial charge in [-0.3, -0.25) is 14.4 Å². The number of ketones is 1. The van der Waals surface area contributed by atoms with Crippen molar-refractivity contribution in [2.45, 2.75) is 80.7 Å². The summed E-state index contributed by atoms with van der Waals surface area (Å²) in [5, 5.41) is 20.5. The second-order valence-corrected chi connectivity index (χ2v) is 14.5. The predicted octanol–water partition coefficient (Wildman–Crippen LogP) is 5.30. The van der Waals surface area contributed by atoms with Crippen LogP contribution in [-0.2, 0) is 19.1 Å². The molecule has 0 saturated carbocycles. The van der Waals surface area contributed by atoms with Gasteiger partial charge in [0.2, 0.25) is 0 Å². The number of aromatic amines is 2. The van der Waals surface area contributed by atoms with E-state index in [1.165, 1.54) is 7.11 Å². The van der Waals surface area contributed by atoms with Crippen molar-refractivity contribution in [3.63, 3.8) is 0 Å². The topological polar surface area (TPSA) is 146 Å². The zero-order valence-electron chi connectivity index (χ0n) is 30.6. The van der Waals surface area contributed by atoms with Crippen molar-refractivity contribution >= 4 is 47.3 Å². The van der Waals surface area contributed by atoms with Crippen molar-refractivity contribution in [1.29, 1.82) is 0 Å². The molecule has 3 aliphatic heterocycles. The normalized spacial score (nSPS) is 28.1. The van der Waals surface area contributed by atoms with Gasteiger partial charge in [0.1, 0.15) is 18.3 Å². The van der Waals surface area contributed by atoms with Crippen LogP contribution >= 0.6 is 0 Å². The number of hydrogen-bond acceptors (Lipinski definition) is 8. The average Bonchev–Trinajstić information content (AvgIpc) is 3.80. The Morgan fingerprint density at radius 1 is 0.920 bits per heavy atom. The third-order valence-electron chi connectivity index (χ3n) is 11.3. The van der Waals surface area contributed by atoms with Gasteiger partial charge in [0.15, 0.2) is 5.78 Å². The fraction of sp³-hybridized carbons (Fsp3) is 0.475. The molecule has 2 saturated heterocycles. The molecule has 6 rings (SSSR count). The maximum absolute atomic E-state index is 13.5. The van der Waals surface area contributed by atoms with E-state index in [4.69, 9.17) is 9.47 Å². The summed E-state index contributed by atoms with van der Waals surface area (Å²) in [7, 11) is 1.33. The summed E-state index contributed by atoms with van der Waals surface area (Å²) in [6.07, 6.45) is 9.66. The zero-order chi connectivity index (χ0) is 36.2. The highest BCUT2D eigenvalue weighted by molar-refractivity contribution is 6.00. The average molecular weight is 683 g/mol. The molecule has 10 nitrogen and oxygen atoms in total. The van der Waals surface area contributed by atoms with E-state index in [9.17, 15) is 19.5 Å². The van der Waals surface area contributed by atoms with Crippen LogP contribution in [0.25, 0.3) is 29.6 Å². The molecule has 266 valence electrons. The number of ether oxygens (including phenoxy) is 2. The van der Waals surface area contributed by atoms with Crippen LogP contribution in [-0.4, -0.2) is 52.6 Å². The molecule has 8 bridgehead atoms. The number of aliphatic hydroxyl groups is 1. The van der Waals surface area contributed by atoms with E-state index >= 15 is 0 Å². The lowest BCUT2D eigenvalue weighted by molar-refractivity contribution is -0.143. The van der Waals surface area contributed by atoms with Crippen molar-refractivity contribution in [2.24, 2.45) is 29.6 Å². The monoisotopic (exact) mass is 682 g/mol. The van der Waals surface area contributed by atoms with Crippen molar-refractivity contribution in [2.75, 3.05) is 13.7 Å². The summed E-state index contributed by atoms with van der Waals surface area (Å²) in [4.78, 5) is 46.7. The van der Waals surface area contributed by atoms with Gasteiger partial charge in [-0.15, -0.1) is 0 Å². The van der Waals surface area contributed by atoms with E-state index in [0.29, 0.717) is 28.1 Å². The third kappa shape index (κ3) is 5.92. The smallest absolute Gasteiger partial charge is 0.320 e. The van der Waals surface area contributed by atoms with Gasteiger partial charge in [0.25, 0.3) is 0 Å². The molecular weight excluding hydrogens is 632 g/mol. The summed E-state index contributed by atoms with van der Waals surface area (Å²) < 4.78 is 10.8. The molecule has 50 heavy (non-hydrogen) atoms. The van der Waals surface area contributed by atoms with Crippen LogP contribution in [0, 0.1) is 43.4 Å². The first-order chi connectivity index (χ1) is 23.8. The Kier molecular flexibility index (Phi) is 9.50. The summed E-state index contributed by atoms with van der Waals surface area (Å²) in [5.74, 6) is -1.76. The Morgan fingerprint density at radius 3 is 2.26 bits per heavy atom. The second-order valence-electron chi connectivity index (χ2n) is 14.5. The van der Waals surface area contributed by atoms with Gasteiger partial charge >= 0.3 is 11.9 Å². The number of aliphatic hydroxyl groups excluding tert-OH is 1. The molecule has 4 aliphatic rings. The standard InChI is InChI=1S/C40H50N4O6/c1-10-24-19(4)26-17-31-33(23(8)45)21(6)28(42-31)15-27-20(5)25(11-12-32(46)50-14-13-18(2)3)37(43-27)35-36(40(48)49-9)39(47)34-22(7)29(44-38(34)35)16-30(24)41-26/h13,15-17,19-20,24-25,36-37,41-44,47H,10-12,14H2,1-9H3/b26-17-,27-15-,30-16-/t19-,20+,24-,25+,36-,37?/m1/s1. The molecule has 2 aromatic rings. The number of Topliss-reactive ketones (excluding diaryl/α,β-unsaturated/α-hetero) is 1. The Labute approximate surface area is 293 Å². The number of fused-ring (bicyclic) bond motifs is 8. The molecule has 0 aromatic carbocycles. The maximum Gasteiger partial charge on any atom is 0.320 e. The predicted molar refractivity (Wildman–Crippen MR) is 194 cm³/mol. The molecule has 5 heterocycles. The van der Waals surface area contributed by atoms with Gasteiger partial charge in [0.05, 0.1) is 24.2 Å². The SMILES string of the molecule is CC[C@H]1/C2=C/c3[nH]c4c(c3C)=C(O)[C@H](C(=O)OC)C=4C3N/C(=C\c4[nH]c(c(C(C)=O)c4C)/C=C(\N2)[C@@H]1C)[C@@H](C)[C@@H]3CCC(=O)OCC=C(C)C.